The second kappa shape index (κ2) is 6.68. The van der Waals surface area contributed by atoms with Crippen molar-refractivity contribution < 1.29 is 4.79 Å². The molecule has 0 radical (unpaired) electrons. The molecular formula is C22H29NO. The standard InChI is InChI=1S/C17H23N.C5H6O/c1-17(2,3)14-10-12-9-13(14)15(16(12)18)11-7-5-4-6-8-11;6-5-3-1-2-4-5/h4-8,10,12-13,15-16H,9,18H2,1-3H3;1,3H,2,4H2. The van der Waals surface area contributed by atoms with E-state index in [4.69, 9.17) is 5.73 Å². The number of nitrogens with two attached hydrogens (primary N) is 1. The third-order valence-corrected chi connectivity index (χ3v) is 5.57. The molecule has 2 bridgehead atoms. The van der Waals surface area contributed by atoms with Crippen molar-refractivity contribution in [3.63, 3.8) is 0 Å². The predicted molar refractivity (Wildman–Crippen MR) is 99.7 cm³/mol. The number of allylic oxidation sites excluding steroid dienone is 3. The Hall–Kier alpha value is -1.67. The summed E-state index contributed by atoms with van der Waals surface area (Å²) < 4.78 is 0. The van der Waals surface area contributed by atoms with E-state index < -0.39 is 0 Å². The number of carbonyl (C=O) groups excluding carboxylic acids is 1. The average molecular weight is 323 g/mol. The zero-order valence-corrected chi connectivity index (χ0v) is 15.0. The first kappa shape index (κ1) is 17.2. The van der Waals surface area contributed by atoms with E-state index in [0.29, 0.717) is 23.8 Å². The van der Waals surface area contributed by atoms with Crippen LogP contribution in [0.15, 0.2) is 54.1 Å². The lowest BCUT2D eigenvalue weighted by atomic mass is 9.71. The minimum atomic E-state index is 0.273. The van der Waals surface area contributed by atoms with Crippen molar-refractivity contribution in [2.75, 3.05) is 0 Å². The van der Waals surface area contributed by atoms with Crippen LogP contribution in [0, 0.1) is 17.3 Å². The first-order valence-electron chi connectivity index (χ1n) is 9.10. The van der Waals surface area contributed by atoms with E-state index in [0.717, 1.165) is 12.8 Å². The zero-order valence-electron chi connectivity index (χ0n) is 15.0. The Morgan fingerprint density at radius 3 is 2.29 bits per heavy atom. The number of fused-ring (bicyclic) bond motifs is 2. The molecule has 3 aliphatic carbocycles. The maximum Gasteiger partial charge on any atom is 0.155 e. The zero-order chi connectivity index (χ0) is 17.3. The van der Waals surface area contributed by atoms with Crippen molar-refractivity contribution in [2.45, 2.75) is 52.0 Å². The van der Waals surface area contributed by atoms with Crippen LogP contribution in [0.4, 0.5) is 0 Å². The number of hydrogen-bond acceptors (Lipinski definition) is 2. The van der Waals surface area contributed by atoms with Gasteiger partial charge in [0, 0.05) is 18.4 Å². The van der Waals surface area contributed by atoms with E-state index in [9.17, 15) is 4.79 Å². The summed E-state index contributed by atoms with van der Waals surface area (Å²) in [4.78, 5) is 10.2. The van der Waals surface area contributed by atoms with Crippen molar-refractivity contribution in [1.82, 2.24) is 0 Å². The summed E-state index contributed by atoms with van der Waals surface area (Å²) >= 11 is 0. The summed E-state index contributed by atoms with van der Waals surface area (Å²) in [7, 11) is 0. The van der Waals surface area contributed by atoms with Crippen LogP contribution in [0.3, 0.4) is 0 Å². The summed E-state index contributed by atoms with van der Waals surface area (Å²) in [5, 5.41) is 0. The second-order valence-corrected chi connectivity index (χ2v) is 8.30. The van der Waals surface area contributed by atoms with E-state index in [-0.39, 0.29) is 11.2 Å². The molecule has 0 aliphatic heterocycles. The van der Waals surface area contributed by atoms with Crippen molar-refractivity contribution in [1.29, 1.82) is 0 Å². The highest BCUT2D eigenvalue weighted by Crippen LogP contribution is 2.55. The van der Waals surface area contributed by atoms with Crippen LogP contribution < -0.4 is 5.73 Å². The molecule has 24 heavy (non-hydrogen) atoms. The minimum Gasteiger partial charge on any atom is -0.327 e. The predicted octanol–water partition coefficient (Wildman–Crippen LogP) is 4.63. The van der Waals surface area contributed by atoms with Crippen LogP contribution in [0.1, 0.15) is 51.5 Å². The van der Waals surface area contributed by atoms with Crippen molar-refractivity contribution in [3.8, 4) is 0 Å². The lowest BCUT2D eigenvalue weighted by molar-refractivity contribution is -0.114. The van der Waals surface area contributed by atoms with Gasteiger partial charge in [0.05, 0.1) is 0 Å². The molecule has 2 nitrogen and oxygen atoms in total. The lowest BCUT2D eigenvalue weighted by Gasteiger charge is -2.35. The molecule has 0 aromatic heterocycles. The summed E-state index contributed by atoms with van der Waals surface area (Å²) in [6, 6.07) is 11.1. The van der Waals surface area contributed by atoms with Crippen LogP contribution in [0.2, 0.25) is 0 Å². The van der Waals surface area contributed by atoms with Gasteiger partial charge in [0.25, 0.3) is 0 Å². The summed E-state index contributed by atoms with van der Waals surface area (Å²) in [5.74, 6) is 2.05. The highest BCUT2D eigenvalue weighted by atomic mass is 16.1. The normalized spacial score (nSPS) is 31.0. The van der Waals surface area contributed by atoms with E-state index in [2.05, 4.69) is 57.2 Å². The molecule has 0 spiro atoms. The van der Waals surface area contributed by atoms with Gasteiger partial charge in [-0.2, -0.15) is 0 Å². The molecule has 1 fully saturated rings. The summed E-state index contributed by atoms with van der Waals surface area (Å²) in [6.45, 7) is 6.98. The third-order valence-electron chi connectivity index (χ3n) is 5.57. The molecule has 0 saturated heterocycles. The van der Waals surface area contributed by atoms with Gasteiger partial charge in [0.1, 0.15) is 0 Å². The molecule has 1 aromatic rings. The molecule has 128 valence electrons. The average Bonchev–Trinajstić information content (AvgIpc) is 3.24. The van der Waals surface area contributed by atoms with Gasteiger partial charge in [0.2, 0.25) is 0 Å². The first-order valence-corrected chi connectivity index (χ1v) is 9.10. The third kappa shape index (κ3) is 3.39. The molecule has 2 N–H and O–H groups in total. The molecular weight excluding hydrogens is 294 g/mol. The summed E-state index contributed by atoms with van der Waals surface area (Å²) in [6.07, 6.45) is 8.96. The fraction of sp³-hybridized carbons (Fsp3) is 0.500. The highest BCUT2D eigenvalue weighted by molar-refractivity contribution is 5.91. The number of ketones is 1. The molecule has 0 amide bonds. The van der Waals surface area contributed by atoms with E-state index in [1.807, 2.05) is 6.08 Å². The van der Waals surface area contributed by atoms with Crippen LogP contribution in [-0.2, 0) is 4.79 Å². The van der Waals surface area contributed by atoms with Crippen LogP contribution in [-0.4, -0.2) is 11.8 Å². The van der Waals surface area contributed by atoms with E-state index in [1.54, 1.807) is 11.6 Å². The van der Waals surface area contributed by atoms with Gasteiger partial charge in [-0.05, 0) is 41.7 Å². The van der Waals surface area contributed by atoms with Crippen molar-refractivity contribution >= 4 is 5.78 Å². The van der Waals surface area contributed by atoms with Crippen molar-refractivity contribution in [2.24, 2.45) is 23.0 Å². The summed E-state index contributed by atoms with van der Waals surface area (Å²) in [5.41, 5.74) is 9.79. The van der Waals surface area contributed by atoms with Gasteiger partial charge in [-0.3, -0.25) is 4.79 Å². The minimum absolute atomic E-state index is 0.273. The number of hydrogen-bond donors (Lipinski definition) is 1. The Morgan fingerprint density at radius 2 is 1.83 bits per heavy atom. The first-order chi connectivity index (χ1) is 11.4. The Morgan fingerprint density at radius 1 is 1.12 bits per heavy atom. The molecule has 1 aromatic carbocycles. The molecule has 4 atom stereocenters. The Balaban J connectivity index is 0.000000238. The monoisotopic (exact) mass is 323 g/mol. The lowest BCUT2D eigenvalue weighted by Crippen LogP contribution is -2.35. The van der Waals surface area contributed by atoms with Gasteiger partial charge in [-0.15, -0.1) is 0 Å². The number of benzene rings is 1. The quantitative estimate of drug-likeness (QED) is 0.766. The van der Waals surface area contributed by atoms with Crippen molar-refractivity contribution in [3.05, 3.63) is 59.7 Å². The van der Waals surface area contributed by atoms with Gasteiger partial charge < -0.3 is 5.73 Å². The molecule has 4 unspecified atom stereocenters. The SMILES string of the molecule is CC(C)(C)C1=CC2CC1C(c1ccccc1)C2N.O=C1C=CCC1. The Labute approximate surface area is 145 Å². The smallest absolute Gasteiger partial charge is 0.155 e. The van der Waals surface area contributed by atoms with Gasteiger partial charge >= 0.3 is 0 Å². The number of rotatable bonds is 1. The fourth-order valence-corrected chi connectivity index (χ4v) is 4.45. The highest BCUT2D eigenvalue weighted by Gasteiger charge is 2.49. The Bertz CT molecular complexity index is 650. The van der Waals surface area contributed by atoms with E-state index in [1.165, 1.54) is 12.0 Å². The largest absolute Gasteiger partial charge is 0.327 e. The van der Waals surface area contributed by atoms with Gasteiger partial charge in [-0.25, -0.2) is 0 Å². The maximum absolute atomic E-state index is 10.2. The topological polar surface area (TPSA) is 43.1 Å². The maximum atomic E-state index is 10.2. The molecule has 2 heteroatoms. The second-order valence-electron chi connectivity index (χ2n) is 8.30. The molecule has 3 aliphatic rings. The van der Waals surface area contributed by atoms with Crippen LogP contribution in [0.25, 0.3) is 0 Å². The molecule has 1 saturated carbocycles. The van der Waals surface area contributed by atoms with Crippen LogP contribution in [0.5, 0.6) is 0 Å². The van der Waals surface area contributed by atoms with Gasteiger partial charge in [-0.1, -0.05) is 68.8 Å². The molecule has 4 rings (SSSR count). The van der Waals surface area contributed by atoms with E-state index >= 15 is 0 Å². The molecule has 0 heterocycles. The fourth-order valence-electron chi connectivity index (χ4n) is 4.45. The number of carbonyl (C=O) groups is 1. The Kier molecular flexibility index (Phi) is 4.78. The van der Waals surface area contributed by atoms with Crippen LogP contribution >= 0.6 is 0 Å². The van der Waals surface area contributed by atoms with Gasteiger partial charge in [0.15, 0.2) is 5.78 Å².